The first kappa shape index (κ1) is 30.8. The first-order valence-electron chi connectivity index (χ1n) is 14.2. The second kappa shape index (κ2) is 12.5. The molecule has 230 valence electrons. The number of hydrogen-bond acceptors (Lipinski definition) is 7. The lowest BCUT2D eigenvalue weighted by atomic mass is 9.89. The summed E-state index contributed by atoms with van der Waals surface area (Å²) in [4.78, 5) is 41.2. The Bertz CT molecular complexity index is 1590. The molecular weight excluding hydrogens is 575 g/mol. The number of nitrogens with zero attached hydrogens (tertiary/aromatic N) is 2. The zero-order valence-electron chi connectivity index (χ0n) is 24.5. The van der Waals surface area contributed by atoms with E-state index in [-0.39, 0.29) is 11.8 Å². The molecule has 11 heteroatoms. The van der Waals surface area contributed by atoms with E-state index in [1.807, 2.05) is 24.3 Å². The smallest absolute Gasteiger partial charge is 0.431 e. The largest absolute Gasteiger partial charge is 0.452 e. The number of halogens is 3. The van der Waals surface area contributed by atoms with Gasteiger partial charge in [-0.05, 0) is 93.6 Å². The third-order valence-corrected chi connectivity index (χ3v) is 7.09. The summed E-state index contributed by atoms with van der Waals surface area (Å²) < 4.78 is 45.9. The maximum absolute atomic E-state index is 13.6. The molecule has 1 aliphatic heterocycles. The van der Waals surface area contributed by atoms with Gasteiger partial charge in [0.1, 0.15) is 5.60 Å². The molecule has 1 aromatic heterocycles. The number of carbonyl (C=O) groups is 2. The second-order valence-corrected chi connectivity index (χ2v) is 11.5. The number of rotatable bonds is 7. The molecule has 0 unspecified atom stereocenters. The van der Waals surface area contributed by atoms with E-state index in [1.165, 1.54) is 0 Å². The summed E-state index contributed by atoms with van der Waals surface area (Å²) in [5.41, 5.74) is 1.72. The van der Waals surface area contributed by atoms with E-state index in [2.05, 4.69) is 15.2 Å². The summed E-state index contributed by atoms with van der Waals surface area (Å²) in [5.74, 6) is -3.01. The summed E-state index contributed by atoms with van der Waals surface area (Å²) in [6, 6.07) is 22.4. The SMILES string of the molecule is CC(C)(C)OOC(=O)c1ccc(N2CCC(c3ccc(NC(=O)c4nc(-c5ccccc5)oc4C(F)(F)F)cc3)CC2)cc1. The van der Waals surface area contributed by atoms with Crippen molar-refractivity contribution in [1.82, 2.24) is 4.98 Å². The number of piperidine rings is 1. The van der Waals surface area contributed by atoms with Crippen molar-refractivity contribution < 1.29 is 37.0 Å². The van der Waals surface area contributed by atoms with Gasteiger partial charge in [0.15, 0.2) is 5.69 Å². The van der Waals surface area contributed by atoms with Gasteiger partial charge in [-0.2, -0.15) is 18.1 Å². The van der Waals surface area contributed by atoms with Crippen molar-refractivity contribution in [2.75, 3.05) is 23.3 Å². The van der Waals surface area contributed by atoms with Gasteiger partial charge in [0.25, 0.3) is 5.91 Å². The zero-order valence-corrected chi connectivity index (χ0v) is 24.5. The van der Waals surface area contributed by atoms with Crippen LogP contribution in [0.15, 0.2) is 83.3 Å². The molecule has 1 aliphatic rings. The summed E-state index contributed by atoms with van der Waals surface area (Å²) in [6.07, 6.45) is -3.13. The van der Waals surface area contributed by atoms with Gasteiger partial charge in [0, 0.05) is 30.0 Å². The van der Waals surface area contributed by atoms with E-state index in [1.54, 1.807) is 75.4 Å². The van der Waals surface area contributed by atoms with Gasteiger partial charge in [-0.25, -0.2) is 9.78 Å². The Balaban J connectivity index is 1.18. The molecule has 5 rings (SSSR count). The van der Waals surface area contributed by atoms with E-state index in [9.17, 15) is 22.8 Å². The van der Waals surface area contributed by atoms with Crippen molar-refractivity contribution in [2.45, 2.75) is 51.3 Å². The van der Waals surface area contributed by atoms with Crippen LogP contribution in [0.2, 0.25) is 0 Å². The molecule has 0 radical (unpaired) electrons. The minimum atomic E-state index is -4.89. The van der Waals surface area contributed by atoms with Crippen LogP contribution in [-0.2, 0) is 16.0 Å². The number of amides is 1. The Hall–Kier alpha value is -4.64. The maximum Gasteiger partial charge on any atom is 0.452 e. The highest BCUT2D eigenvalue weighted by Crippen LogP contribution is 2.36. The average molecular weight is 608 g/mol. The standard InChI is InChI=1S/C33H32F3N3O5/c1-32(2,3)44-43-31(41)24-11-15-26(16-12-24)39-19-17-22(18-20-39)21-9-13-25(14-10-21)37-29(40)27-28(33(34,35)36)42-30(38-27)23-7-5-4-6-8-23/h4-16,22H,17-20H2,1-3H3,(H,37,40). The summed E-state index contributed by atoms with van der Waals surface area (Å²) in [6.45, 7) is 6.97. The quantitative estimate of drug-likeness (QED) is 0.169. The lowest BCUT2D eigenvalue weighted by molar-refractivity contribution is -0.301. The van der Waals surface area contributed by atoms with E-state index < -0.39 is 35.1 Å². The van der Waals surface area contributed by atoms with Crippen LogP contribution in [0.25, 0.3) is 11.5 Å². The fraction of sp³-hybridized carbons (Fsp3) is 0.303. The van der Waals surface area contributed by atoms with Crippen molar-refractivity contribution in [3.63, 3.8) is 0 Å². The minimum absolute atomic E-state index is 0.278. The first-order chi connectivity index (χ1) is 20.9. The summed E-state index contributed by atoms with van der Waals surface area (Å²) in [7, 11) is 0. The molecule has 0 atom stereocenters. The van der Waals surface area contributed by atoms with Crippen LogP contribution in [-0.4, -0.2) is 35.6 Å². The third-order valence-electron chi connectivity index (χ3n) is 7.09. The molecular formula is C33H32F3N3O5. The first-order valence-corrected chi connectivity index (χ1v) is 14.2. The normalized spacial score (nSPS) is 14.4. The molecule has 1 amide bonds. The van der Waals surface area contributed by atoms with Crippen LogP contribution in [0.1, 0.15) is 71.7 Å². The highest BCUT2D eigenvalue weighted by atomic mass is 19.4. The number of hydrogen-bond donors (Lipinski definition) is 1. The minimum Gasteiger partial charge on any atom is -0.431 e. The van der Waals surface area contributed by atoms with Gasteiger partial charge in [-0.3, -0.25) is 9.68 Å². The lowest BCUT2D eigenvalue weighted by Gasteiger charge is -2.34. The van der Waals surface area contributed by atoms with E-state index >= 15 is 0 Å². The van der Waals surface area contributed by atoms with Gasteiger partial charge in [0.05, 0.1) is 5.56 Å². The topological polar surface area (TPSA) is 93.9 Å². The van der Waals surface area contributed by atoms with E-state index in [4.69, 9.17) is 14.2 Å². The number of carbonyl (C=O) groups excluding carboxylic acids is 2. The fourth-order valence-corrected chi connectivity index (χ4v) is 4.89. The van der Waals surface area contributed by atoms with Gasteiger partial charge in [0.2, 0.25) is 11.7 Å². The predicted molar refractivity (Wildman–Crippen MR) is 158 cm³/mol. The van der Waals surface area contributed by atoms with Crippen LogP contribution in [0.4, 0.5) is 24.5 Å². The monoisotopic (exact) mass is 607 g/mol. The summed E-state index contributed by atoms with van der Waals surface area (Å²) >= 11 is 0. The number of nitrogens with one attached hydrogen (secondary N) is 1. The van der Waals surface area contributed by atoms with Gasteiger partial charge >= 0.3 is 12.1 Å². The molecule has 1 saturated heterocycles. The van der Waals surface area contributed by atoms with Crippen LogP contribution in [0.3, 0.4) is 0 Å². The predicted octanol–water partition coefficient (Wildman–Crippen LogP) is 7.88. The van der Waals surface area contributed by atoms with Gasteiger partial charge < -0.3 is 14.6 Å². The lowest BCUT2D eigenvalue weighted by Crippen LogP contribution is -2.32. The molecule has 4 aromatic rings. The Morgan fingerprint density at radius 1 is 0.909 bits per heavy atom. The fourth-order valence-electron chi connectivity index (χ4n) is 4.89. The van der Waals surface area contributed by atoms with Crippen LogP contribution >= 0.6 is 0 Å². The maximum atomic E-state index is 13.6. The Kier molecular flexibility index (Phi) is 8.78. The average Bonchev–Trinajstić information content (AvgIpc) is 3.48. The zero-order chi connectivity index (χ0) is 31.5. The highest BCUT2D eigenvalue weighted by molar-refractivity contribution is 6.04. The highest BCUT2D eigenvalue weighted by Gasteiger charge is 2.42. The Morgan fingerprint density at radius 3 is 2.14 bits per heavy atom. The van der Waals surface area contributed by atoms with Crippen molar-refractivity contribution >= 4 is 23.3 Å². The second-order valence-electron chi connectivity index (χ2n) is 11.5. The van der Waals surface area contributed by atoms with Crippen molar-refractivity contribution in [3.05, 3.63) is 101 Å². The molecule has 3 aromatic carbocycles. The summed E-state index contributed by atoms with van der Waals surface area (Å²) in [5, 5.41) is 2.51. The molecule has 44 heavy (non-hydrogen) atoms. The Morgan fingerprint density at radius 2 is 1.55 bits per heavy atom. The van der Waals surface area contributed by atoms with Crippen molar-refractivity contribution in [3.8, 4) is 11.5 Å². The van der Waals surface area contributed by atoms with Gasteiger partial charge in [-0.1, -0.05) is 30.3 Å². The van der Waals surface area contributed by atoms with Crippen molar-refractivity contribution in [2.24, 2.45) is 0 Å². The number of anilines is 2. The van der Waals surface area contributed by atoms with Crippen molar-refractivity contribution in [1.29, 1.82) is 0 Å². The number of oxazole rings is 1. The van der Waals surface area contributed by atoms with E-state index in [0.717, 1.165) is 37.2 Å². The third kappa shape index (κ3) is 7.46. The van der Waals surface area contributed by atoms with Crippen LogP contribution in [0.5, 0.6) is 0 Å². The van der Waals surface area contributed by atoms with Crippen LogP contribution in [0, 0.1) is 0 Å². The molecule has 8 nitrogen and oxygen atoms in total. The number of alkyl halides is 3. The molecule has 1 N–H and O–H groups in total. The molecule has 0 bridgehead atoms. The van der Waals surface area contributed by atoms with E-state index in [0.29, 0.717) is 16.8 Å². The van der Waals surface area contributed by atoms with Gasteiger partial charge in [-0.15, -0.1) is 0 Å². The van der Waals surface area contributed by atoms with Crippen LogP contribution < -0.4 is 10.2 Å². The molecule has 0 aliphatic carbocycles. The molecule has 0 spiro atoms. The Labute approximate surface area is 252 Å². The molecule has 0 saturated carbocycles. The molecule has 1 fully saturated rings. The molecule has 2 heterocycles. The number of benzene rings is 3. The number of aromatic nitrogens is 1.